The molecule has 0 spiro atoms. The summed E-state index contributed by atoms with van der Waals surface area (Å²) in [5.74, 6) is 1.71. The van der Waals surface area contributed by atoms with Gasteiger partial charge in [0.2, 0.25) is 6.79 Å². The highest BCUT2D eigenvalue weighted by Crippen LogP contribution is 2.35. The number of rotatable bonds is 5. The molecule has 1 atom stereocenters. The van der Waals surface area contributed by atoms with Gasteiger partial charge in [0.05, 0.1) is 0 Å². The third-order valence-corrected chi connectivity index (χ3v) is 4.17. The summed E-state index contributed by atoms with van der Waals surface area (Å²) in [6.45, 7) is 3.26. The molecular weight excluding hydrogens is 330 g/mol. The van der Waals surface area contributed by atoms with Gasteiger partial charge in [0.15, 0.2) is 11.5 Å². The third-order valence-electron chi connectivity index (χ3n) is 3.68. The monoisotopic (exact) mass is 347 g/mol. The van der Waals surface area contributed by atoms with Crippen molar-refractivity contribution < 1.29 is 9.47 Å². The lowest BCUT2D eigenvalue weighted by atomic mass is 10.0. The van der Waals surface area contributed by atoms with Gasteiger partial charge in [-0.15, -0.1) is 0 Å². The van der Waals surface area contributed by atoms with Crippen LogP contribution in [0.15, 0.2) is 46.9 Å². The van der Waals surface area contributed by atoms with Gasteiger partial charge < -0.3 is 14.8 Å². The van der Waals surface area contributed by atoms with Gasteiger partial charge in [-0.25, -0.2) is 0 Å². The zero-order valence-corrected chi connectivity index (χ0v) is 13.5. The van der Waals surface area contributed by atoms with Gasteiger partial charge in [-0.05, 0) is 30.2 Å². The van der Waals surface area contributed by atoms with Crippen LogP contribution in [0.4, 0.5) is 0 Å². The molecule has 2 aromatic carbocycles. The quantitative estimate of drug-likeness (QED) is 0.868. The average molecular weight is 348 g/mol. The molecule has 1 unspecified atom stereocenters. The highest BCUT2D eigenvalue weighted by Gasteiger charge is 2.18. The molecule has 0 amide bonds. The Balaban J connectivity index is 1.73. The van der Waals surface area contributed by atoms with Crippen LogP contribution in [0.5, 0.6) is 11.5 Å². The molecule has 0 saturated carbocycles. The van der Waals surface area contributed by atoms with Crippen LogP contribution >= 0.6 is 15.9 Å². The Morgan fingerprint density at radius 1 is 1.19 bits per heavy atom. The first-order chi connectivity index (χ1) is 10.3. The number of hydrogen-bond acceptors (Lipinski definition) is 3. The fraction of sp³-hybridized carbons (Fsp3) is 0.294. The second kappa shape index (κ2) is 6.50. The molecule has 3 rings (SSSR count). The SMILES string of the molecule is CCC(NCc1cccc2c1OCO2)c1cccc(Br)c1. The number of benzene rings is 2. The van der Waals surface area contributed by atoms with Gasteiger partial charge >= 0.3 is 0 Å². The second-order valence-corrected chi connectivity index (χ2v) is 5.96. The van der Waals surface area contributed by atoms with E-state index in [4.69, 9.17) is 9.47 Å². The summed E-state index contributed by atoms with van der Waals surface area (Å²) in [4.78, 5) is 0. The van der Waals surface area contributed by atoms with Crippen molar-refractivity contribution in [2.75, 3.05) is 6.79 Å². The van der Waals surface area contributed by atoms with Crippen molar-refractivity contribution in [1.29, 1.82) is 0 Å². The molecule has 110 valence electrons. The van der Waals surface area contributed by atoms with E-state index >= 15 is 0 Å². The molecule has 3 nitrogen and oxygen atoms in total. The maximum atomic E-state index is 5.55. The van der Waals surface area contributed by atoms with E-state index in [1.54, 1.807) is 0 Å². The number of halogens is 1. The van der Waals surface area contributed by atoms with Crippen molar-refractivity contribution in [3.63, 3.8) is 0 Å². The first kappa shape index (κ1) is 14.4. The summed E-state index contributed by atoms with van der Waals surface area (Å²) >= 11 is 3.53. The van der Waals surface area contributed by atoms with E-state index < -0.39 is 0 Å². The molecule has 0 radical (unpaired) electrons. The molecule has 4 heteroatoms. The molecule has 21 heavy (non-hydrogen) atoms. The molecule has 0 saturated heterocycles. The minimum Gasteiger partial charge on any atom is -0.454 e. The molecule has 0 fully saturated rings. The molecule has 2 aromatic rings. The second-order valence-electron chi connectivity index (χ2n) is 5.05. The van der Waals surface area contributed by atoms with E-state index in [0.717, 1.165) is 34.5 Å². The van der Waals surface area contributed by atoms with Gasteiger partial charge in [-0.2, -0.15) is 0 Å². The minimum atomic E-state index is 0.315. The van der Waals surface area contributed by atoms with Crippen LogP contribution in [0, 0.1) is 0 Å². The van der Waals surface area contributed by atoms with Crippen molar-refractivity contribution >= 4 is 15.9 Å². The average Bonchev–Trinajstić information content (AvgIpc) is 2.97. The first-order valence-electron chi connectivity index (χ1n) is 7.14. The highest BCUT2D eigenvalue weighted by molar-refractivity contribution is 9.10. The number of para-hydroxylation sites is 1. The summed E-state index contributed by atoms with van der Waals surface area (Å²) < 4.78 is 12.1. The zero-order valence-electron chi connectivity index (χ0n) is 11.9. The topological polar surface area (TPSA) is 30.5 Å². The Labute approximate surface area is 133 Å². The van der Waals surface area contributed by atoms with E-state index in [1.807, 2.05) is 18.2 Å². The maximum absolute atomic E-state index is 5.55. The van der Waals surface area contributed by atoms with Crippen molar-refractivity contribution in [2.45, 2.75) is 25.9 Å². The zero-order chi connectivity index (χ0) is 14.7. The summed E-state index contributed by atoms with van der Waals surface area (Å²) in [7, 11) is 0. The molecular formula is C17H18BrNO2. The van der Waals surface area contributed by atoms with Crippen LogP contribution in [0.2, 0.25) is 0 Å². The van der Waals surface area contributed by atoms with Crippen LogP contribution in [0.25, 0.3) is 0 Å². The standard InChI is InChI=1S/C17H18BrNO2/c1-2-15(12-5-3-7-14(18)9-12)19-10-13-6-4-8-16-17(13)21-11-20-16/h3-9,15,19H,2,10-11H2,1H3. The lowest BCUT2D eigenvalue weighted by molar-refractivity contribution is 0.173. The fourth-order valence-electron chi connectivity index (χ4n) is 2.58. The van der Waals surface area contributed by atoms with E-state index in [9.17, 15) is 0 Å². The van der Waals surface area contributed by atoms with Gasteiger partial charge in [0.25, 0.3) is 0 Å². The fourth-order valence-corrected chi connectivity index (χ4v) is 3.00. The predicted molar refractivity (Wildman–Crippen MR) is 86.6 cm³/mol. The van der Waals surface area contributed by atoms with Crippen molar-refractivity contribution in [3.05, 3.63) is 58.1 Å². The van der Waals surface area contributed by atoms with E-state index in [0.29, 0.717) is 12.8 Å². The largest absolute Gasteiger partial charge is 0.454 e. The van der Waals surface area contributed by atoms with Crippen LogP contribution in [-0.2, 0) is 6.54 Å². The Bertz CT molecular complexity index is 630. The maximum Gasteiger partial charge on any atom is 0.231 e. The summed E-state index contributed by atoms with van der Waals surface area (Å²) in [5, 5.41) is 3.60. The van der Waals surface area contributed by atoms with Gasteiger partial charge in [0.1, 0.15) is 0 Å². The van der Waals surface area contributed by atoms with Gasteiger partial charge in [0, 0.05) is 22.6 Å². The Hall–Kier alpha value is -1.52. The van der Waals surface area contributed by atoms with Crippen molar-refractivity contribution in [3.8, 4) is 11.5 Å². The summed E-state index contributed by atoms with van der Waals surface area (Å²) in [6.07, 6.45) is 1.03. The molecule has 1 N–H and O–H groups in total. The molecule has 0 bridgehead atoms. The summed E-state index contributed by atoms with van der Waals surface area (Å²) in [6, 6.07) is 14.8. The lowest BCUT2D eigenvalue weighted by Crippen LogP contribution is -2.20. The van der Waals surface area contributed by atoms with E-state index in [-0.39, 0.29) is 0 Å². The van der Waals surface area contributed by atoms with E-state index in [2.05, 4.69) is 52.4 Å². The van der Waals surface area contributed by atoms with Gasteiger partial charge in [-0.1, -0.05) is 47.1 Å². The van der Waals surface area contributed by atoms with Crippen LogP contribution in [0.3, 0.4) is 0 Å². The molecule has 1 aliphatic rings. The number of ether oxygens (including phenoxy) is 2. The van der Waals surface area contributed by atoms with Gasteiger partial charge in [-0.3, -0.25) is 0 Å². The van der Waals surface area contributed by atoms with Crippen LogP contribution in [-0.4, -0.2) is 6.79 Å². The number of nitrogens with one attached hydrogen (secondary N) is 1. The smallest absolute Gasteiger partial charge is 0.231 e. The Morgan fingerprint density at radius 3 is 2.86 bits per heavy atom. The Morgan fingerprint density at radius 2 is 2.05 bits per heavy atom. The van der Waals surface area contributed by atoms with Crippen molar-refractivity contribution in [1.82, 2.24) is 5.32 Å². The van der Waals surface area contributed by atoms with E-state index in [1.165, 1.54) is 5.56 Å². The molecule has 1 aliphatic heterocycles. The first-order valence-corrected chi connectivity index (χ1v) is 7.93. The number of fused-ring (bicyclic) bond motifs is 1. The third kappa shape index (κ3) is 3.22. The molecule has 1 heterocycles. The lowest BCUT2D eigenvalue weighted by Gasteiger charge is -2.18. The Kier molecular flexibility index (Phi) is 4.46. The minimum absolute atomic E-state index is 0.315. The highest BCUT2D eigenvalue weighted by atomic mass is 79.9. The molecule has 0 aromatic heterocycles. The van der Waals surface area contributed by atoms with Crippen LogP contribution in [0.1, 0.15) is 30.5 Å². The molecule has 0 aliphatic carbocycles. The summed E-state index contributed by atoms with van der Waals surface area (Å²) in [5.41, 5.74) is 2.43. The van der Waals surface area contributed by atoms with Crippen molar-refractivity contribution in [2.24, 2.45) is 0 Å². The predicted octanol–water partition coefficient (Wildman–Crippen LogP) is 4.42. The number of hydrogen-bond donors (Lipinski definition) is 1. The normalized spacial score (nSPS) is 14.2. The van der Waals surface area contributed by atoms with Crippen LogP contribution < -0.4 is 14.8 Å².